The van der Waals surface area contributed by atoms with Gasteiger partial charge in [0.15, 0.2) is 5.60 Å². The predicted octanol–water partition coefficient (Wildman–Crippen LogP) is 8.56. The third-order valence-electron chi connectivity index (χ3n) is 8.95. The zero-order valence-corrected chi connectivity index (χ0v) is 22.8. The van der Waals surface area contributed by atoms with Crippen LogP contribution in [-0.4, -0.2) is 26.2 Å². The van der Waals surface area contributed by atoms with E-state index in [0.717, 1.165) is 43.1 Å². The second kappa shape index (κ2) is 10.4. The fourth-order valence-corrected chi connectivity index (χ4v) is 6.75. The summed E-state index contributed by atoms with van der Waals surface area (Å²) in [5.74, 6) is 0.941. The van der Waals surface area contributed by atoms with Crippen LogP contribution in [0.3, 0.4) is 0 Å². The minimum atomic E-state index is -0.660. The summed E-state index contributed by atoms with van der Waals surface area (Å²) in [6.07, 6.45) is 13.7. The van der Waals surface area contributed by atoms with E-state index in [4.69, 9.17) is 4.74 Å². The Morgan fingerprint density at radius 3 is 1.90 bits per heavy atom. The second-order valence-corrected chi connectivity index (χ2v) is 11.4. The van der Waals surface area contributed by atoms with Crippen LogP contribution in [0.2, 0.25) is 0 Å². The van der Waals surface area contributed by atoms with Crippen LogP contribution in [0.5, 0.6) is 5.75 Å². The monoisotopic (exact) mass is 514 g/mol. The SMILES string of the molecule is C1=CC(c2ccccc2)(c2ccc(N3CCCCCC3)cc2)Oc2ccc3cc(N4CCCCC4)ccc3c21. The third-order valence-corrected chi connectivity index (χ3v) is 8.95. The van der Waals surface area contributed by atoms with E-state index in [2.05, 4.69) is 107 Å². The Kier molecular flexibility index (Phi) is 6.52. The van der Waals surface area contributed by atoms with Crippen molar-refractivity contribution >= 4 is 28.2 Å². The van der Waals surface area contributed by atoms with Crippen molar-refractivity contribution in [2.24, 2.45) is 0 Å². The lowest BCUT2D eigenvalue weighted by atomic mass is 9.83. The van der Waals surface area contributed by atoms with Gasteiger partial charge in [-0.15, -0.1) is 0 Å². The summed E-state index contributed by atoms with van der Waals surface area (Å²) in [7, 11) is 0. The molecule has 0 radical (unpaired) electrons. The highest BCUT2D eigenvalue weighted by Crippen LogP contribution is 2.45. The molecule has 3 heteroatoms. The number of hydrogen-bond donors (Lipinski definition) is 0. The Morgan fingerprint density at radius 1 is 0.564 bits per heavy atom. The molecule has 4 aromatic rings. The molecule has 3 aliphatic heterocycles. The highest BCUT2D eigenvalue weighted by Gasteiger charge is 2.37. The molecule has 4 aromatic carbocycles. The number of rotatable bonds is 4. The minimum Gasteiger partial charge on any atom is -0.473 e. The maximum Gasteiger partial charge on any atom is 0.178 e. The molecule has 0 saturated carbocycles. The number of nitrogens with zero attached hydrogens (tertiary/aromatic N) is 2. The maximum absolute atomic E-state index is 7.04. The number of anilines is 2. The van der Waals surface area contributed by atoms with Crippen molar-refractivity contribution in [2.45, 2.75) is 50.5 Å². The normalized spacial score (nSPS) is 21.3. The van der Waals surface area contributed by atoms with E-state index in [-0.39, 0.29) is 0 Å². The first-order valence-electron chi connectivity index (χ1n) is 14.9. The minimum absolute atomic E-state index is 0.660. The van der Waals surface area contributed by atoms with Gasteiger partial charge in [-0.05, 0) is 85.4 Å². The van der Waals surface area contributed by atoms with Gasteiger partial charge in [0, 0.05) is 54.2 Å². The number of fused-ring (bicyclic) bond motifs is 3. The molecule has 7 rings (SSSR count). The van der Waals surface area contributed by atoms with Gasteiger partial charge in [0.05, 0.1) is 0 Å². The molecular formula is C36H38N2O. The van der Waals surface area contributed by atoms with Crippen LogP contribution in [0.4, 0.5) is 11.4 Å². The van der Waals surface area contributed by atoms with Crippen LogP contribution in [-0.2, 0) is 5.60 Å². The largest absolute Gasteiger partial charge is 0.473 e. The smallest absolute Gasteiger partial charge is 0.178 e. The third kappa shape index (κ3) is 4.58. The predicted molar refractivity (Wildman–Crippen MR) is 164 cm³/mol. The molecule has 0 amide bonds. The molecule has 2 saturated heterocycles. The van der Waals surface area contributed by atoms with E-state index in [1.54, 1.807) is 0 Å². The average molecular weight is 515 g/mol. The van der Waals surface area contributed by atoms with Crippen LogP contribution < -0.4 is 14.5 Å². The van der Waals surface area contributed by atoms with Crippen molar-refractivity contribution in [3.63, 3.8) is 0 Å². The van der Waals surface area contributed by atoms with E-state index >= 15 is 0 Å². The van der Waals surface area contributed by atoms with Crippen molar-refractivity contribution in [3.05, 3.63) is 108 Å². The van der Waals surface area contributed by atoms with E-state index in [0.29, 0.717) is 0 Å². The molecule has 0 bridgehead atoms. The van der Waals surface area contributed by atoms with Crippen LogP contribution in [0.1, 0.15) is 61.6 Å². The molecule has 3 nitrogen and oxygen atoms in total. The number of ether oxygens (including phenoxy) is 1. The first-order chi connectivity index (χ1) is 19.3. The summed E-state index contributed by atoms with van der Waals surface area (Å²) in [5.41, 5.74) is 5.48. The zero-order chi connectivity index (χ0) is 26.1. The van der Waals surface area contributed by atoms with E-state index in [9.17, 15) is 0 Å². The molecule has 198 valence electrons. The number of benzene rings is 4. The Hall–Kier alpha value is -3.72. The zero-order valence-electron chi connectivity index (χ0n) is 22.8. The molecule has 0 N–H and O–H groups in total. The van der Waals surface area contributed by atoms with Gasteiger partial charge in [0.2, 0.25) is 0 Å². The van der Waals surface area contributed by atoms with Gasteiger partial charge in [0.25, 0.3) is 0 Å². The number of hydrogen-bond acceptors (Lipinski definition) is 3. The van der Waals surface area contributed by atoms with Crippen LogP contribution >= 0.6 is 0 Å². The summed E-state index contributed by atoms with van der Waals surface area (Å²) in [5, 5.41) is 2.53. The highest BCUT2D eigenvalue weighted by molar-refractivity contribution is 5.96. The van der Waals surface area contributed by atoms with E-state index < -0.39 is 5.60 Å². The van der Waals surface area contributed by atoms with Gasteiger partial charge in [-0.25, -0.2) is 0 Å². The Morgan fingerprint density at radius 2 is 1.18 bits per heavy atom. The molecule has 2 fully saturated rings. The molecule has 3 heterocycles. The lowest BCUT2D eigenvalue weighted by Crippen LogP contribution is -2.34. The summed E-state index contributed by atoms with van der Waals surface area (Å²) < 4.78 is 7.04. The van der Waals surface area contributed by atoms with Crippen molar-refractivity contribution in [2.75, 3.05) is 36.0 Å². The second-order valence-electron chi connectivity index (χ2n) is 11.4. The molecule has 0 spiro atoms. The van der Waals surface area contributed by atoms with Crippen molar-refractivity contribution in [3.8, 4) is 5.75 Å². The fraction of sp³-hybridized carbons (Fsp3) is 0.333. The first kappa shape index (κ1) is 24.3. The first-order valence-corrected chi connectivity index (χ1v) is 14.9. The molecule has 3 aliphatic rings. The van der Waals surface area contributed by atoms with E-state index in [1.165, 1.54) is 72.7 Å². The molecule has 0 aliphatic carbocycles. The molecule has 0 aromatic heterocycles. The summed E-state index contributed by atoms with van der Waals surface area (Å²) in [6, 6.07) is 31.1. The Bertz CT molecular complexity index is 1460. The molecule has 1 atom stereocenters. The van der Waals surface area contributed by atoms with Gasteiger partial charge >= 0.3 is 0 Å². The average Bonchev–Trinajstić information content (AvgIpc) is 3.31. The molecular weight excluding hydrogens is 476 g/mol. The van der Waals surface area contributed by atoms with Crippen LogP contribution in [0, 0.1) is 0 Å². The van der Waals surface area contributed by atoms with Gasteiger partial charge in [-0.3, -0.25) is 0 Å². The van der Waals surface area contributed by atoms with Crippen molar-refractivity contribution in [1.82, 2.24) is 0 Å². The van der Waals surface area contributed by atoms with E-state index in [1.807, 2.05) is 0 Å². The topological polar surface area (TPSA) is 15.7 Å². The summed E-state index contributed by atoms with van der Waals surface area (Å²) in [6.45, 7) is 4.63. The quantitative estimate of drug-likeness (QED) is 0.271. The van der Waals surface area contributed by atoms with Gasteiger partial charge in [0.1, 0.15) is 5.75 Å². The summed E-state index contributed by atoms with van der Waals surface area (Å²) >= 11 is 0. The van der Waals surface area contributed by atoms with Gasteiger partial charge in [-0.2, -0.15) is 0 Å². The Labute approximate surface area is 232 Å². The molecule has 39 heavy (non-hydrogen) atoms. The fourth-order valence-electron chi connectivity index (χ4n) is 6.75. The van der Waals surface area contributed by atoms with Crippen LogP contribution in [0.25, 0.3) is 16.8 Å². The maximum atomic E-state index is 7.04. The molecule has 1 unspecified atom stereocenters. The van der Waals surface area contributed by atoms with Gasteiger partial charge in [-0.1, -0.05) is 67.4 Å². The van der Waals surface area contributed by atoms with Crippen molar-refractivity contribution < 1.29 is 4.74 Å². The van der Waals surface area contributed by atoms with Gasteiger partial charge < -0.3 is 14.5 Å². The standard InChI is InChI=1S/C36H38N2O/c1-2-8-24-37(23-7-1)31-16-14-30(15-17-31)36(29-11-5-3-6-12-29)22-21-34-33-19-18-32(38-25-9-4-10-26-38)27-28(33)13-20-35(34)39-36/h3,5-6,11-22,27H,1-2,4,7-10,23-26H2. The summed E-state index contributed by atoms with van der Waals surface area (Å²) in [4.78, 5) is 5.08. The lowest BCUT2D eigenvalue weighted by molar-refractivity contribution is 0.161. The Balaban J connectivity index is 1.26. The van der Waals surface area contributed by atoms with Crippen molar-refractivity contribution in [1.29, 1.82) is 0 Å². The van der Waals surface area contributed by atoms with Crippen LogP contribution in [0.15, 0.2) is 91.0 Å². The highest BCUT2D eigenvalue weighted by atomic mass is 16.5. The lowest BCUT2D eigenvalue weighted by Gasteiger charge is -2.37. The number of piperidine rings is 1.